The number of halogens is 1. The summed E-state index contributed by atoms with van der Waals surface area (Å²) in [5.41, 5.74) is 2.63. The zero-order valence-electron chi connectivity index (χ0n) is 11.1. The van der Waals surface area contributed by atoms with Crippen LogP contribution < -0.4 is 0 Å². The molecule has 0 aliphatic rings. The molecule has 1 N–H and O–H groups in total. The molecule has 0 atom stereocenters. The first-order chi connectivity index (χ1) is 10.0. The molecular formula is C15H11ClN2O2S. The molecule has 6 heteroatoms. The smallest absolute Gasteiger partial charge is 0.356 e. The first-order valence-corrected chi connectivity index (χ1v) is 7.40. The third-order valence-electron chi connectivity index (χ3n) is 3.00. The van der Waals surface area contributed by atoms with Crippen molar-refractivity contribution in [3.63, 3.8) is 0 Å². The minimum absolute atomic E-state index is 0.0102. The summed E-state index contributed by atoms with van der Waals surface area (Å²) in [6.07, 6.45) is 0. The number of thiophene rings is 1. The van der Waals surface area contributed by atoms with E-state index in [0.29, 0.717) is 4.34 Å². The van der Waals surface area contributed by atoms with Crippen LogP contribution in [0.4, 0.5) is 0 Å². The standard InChI is InChI=1S/C15H11ClN2O2S/c1-9-3-2-4-10(7-9)18-12(8-11(17-18)15(19)20)13-5-6-14(16)21-13/h2-8H,1H3,(H,19,20). The SMILES string of the molecule is Cc1cccc(-n2nc(C(=O)O)cc2-c2ccc(Cl)s2)c1. The van der Waals surface area contributed by atoms with Gasteiger partial charge in [0.25, 0.3) is 0 Å². The number of hydrogen-bond donors (Lipinski definition) is 1. The fraction of sp³-hybridized carbons (Fsp3) is 0.0667. The summed E-state index contributed by atoms with van der Waals surface area (Å²) in [6, 6.07) is 13.0. The summed E-state index contributed by atoms with van der Waals surface area (Å²) in [5.74, 6) is -1.05. The normalized spacial score (nSPS) is 10.8. The average Bonchev–Trinajstić information content (AvgIpc) is 3.04. The van der Waals surface area contributed by atoms with Crippen molar-refractivity contribution in [3.05, 3.63) is 58.1 Å². The maximum absolute atomic E-state index is 11.2. The van der Waals surface area contributed by atoms with Crippen LogP contribution in [0.5, 0.6) is 0 Å². The number of hydrogen-bond acceptors (Lipinski definition) is 3. The number of nitrogens with zero attached hydrogens (tertiary/aromatic N) is 2. The molecule has 4 nitrogen and oxygen atoms in total. The molecule has 2 aromatic heterocycles. The molecule has 0 bridgehead atoms. The van der Waals surface area contributed by atoms with Crippen LogP contribution in [0.25, 0.3) is 16.3 Å². The molecule has 0 fully saturated rings. The van der Waals surface area contributed by atoms with Crippen molar-refractivity contribution in [2.75, 3.05) is 0 Å². The van der Waals surface area contributed by atoms with Crippen molar-refractivity contribution >= 4 is 28.9 Å². The van der Waals surface area contributed by atoms with E-state index >= 15 is 0 Å². The lowest BCUT2D eigenvalue weighted by atomic mass is 10.2. The molecule has 0 aliphatic heterocycles. The van der Waals surface area contributed by atoms with E-state index in [1.54, 1.807) is 16.8 Å². The van der Waals surface area contributed by atoms with Gasteiger partial charge in [-0.25, -0.2) is 9.48 Å². The fourth-order valence-electron chi connectivity index (χ4n) is 2.07. The minimum atomic E-state index is -1.05. The van der Waals surface area contributed by atoms with Crippen LogP contribution in [-0.2, 0) is 0 Å². The van der Waals surface area contributed by atoms with Crippen molar-refractivity contribution in [2.45, 2.75) is 6.92 Å². The van der Waals surface area contributed by atoms with Crippen molar-refractivity contribution in [1.29, 1.82) is 0 Å². The largest absolute Gasteiger partial charge is 0.476 e. The zero-order chi connectivity index (χ0) is 15.0. The van der Waals surface area contributed by atoms with Crippen molar-refractivity contribution in [2.24, 2.45) is 0 Å². The summed E-state index contributed by atoms with van der Waals surface area (Å²) < 4.78 is 2.29. The Morgan fingerprint density at radius 3 is 2.71 bits per heavy atom. The topological polar surface area (TPSA) is 55.1 Å². The van der Waals surface area contributed by atoms with Gasteiger partial charge in [0.15, 0.2) is 5.69 Å². The summed E-state index contributed by atoms with van der Waals surface area (Å²) in [5, 5.41) is 13.4. The molecule has 0 saturated heterocycles. The van der Waals surface area contributed by atoms with Gasteiger partial charge in [0.2, 0.25) is 0 Å². The zero-order valence-corrected chi connectivity index (χ0v) is 12.6. The van der Waals surface area contributed by atoms with Crippen LogP contribution in [-0.4, -0.2) is 20.9 Å². The van der Waals surface area contributed by atoms with Crippen LogP contribution in [0.15, 0.2) is 42.5 Å². The number of carboxylic acid groups (broad SMARTS) is 1. The van der Waals surface area contributed by atoms with Crippen LogP contribution in [0.1, 0.15) is 16.1 Å². The van der Waals surface area contributed by atoms with Crippen LogP contribution in [0.2, 0.25) is 4.34 Å². The van der Waals surface area contributed by atoms with Crippen molar-refractivity contribution < 1.29 is 9.90 Å². The third kappa shape index (κ3) is 2.70. The lowest BCUT2D eigenvalue weighted by Gasteiger charge is -2.06. The molecule has 0 radical (unpaired) electrons. The highest BCUT2D eigenvalue weighted by atomic mass is 35.5. The molecule has 0 unspecified atom stereocenters. The van der Waals surface area contributed by atoms with Gasteiger partial charge in [-0.15, -0.1) is 11.3 Å². The lowest BCUT2D eigenvalue weighted by Crippen LogP contribution is -2.02. The Balaban J connectivity index is 2.21. The molecule has 0 aliphatic carbocycles. The molecule has 2 heterocycles. The molecule has 0 spiro atoms. The number of rotatable bonds is 3. The lowest BCUT2D eigenvalue weighted by molar-refractivity contribution is 0.0690. The van der Waals surface area contributed by atoms with Crippen LogP contribution in [0.3, 0.4) is 0 Å². The number of aromatic nitrogens is 2. The van der Waals surface area contributed by atoms with E-state index in [9.17, 15) is 9.90 Å². The third-order valence-corrected chi connectivity index (χ3v) is 4.25. The monoisotopic (exact) mass is 318 g/mol. The Labute approximate surface area is 130 Å². The predicted octanol–water partition coefficient (Wildman–Crippen LogP) is 4.26. The number of aryl methyl sites for hydroxylation is 1. The summed E-state index contributed by atoms with van der Waals surface area (Å²) in [6.45, 7) is 1.98. The number of carbonyl (C=O) groups is 1. The average molecular weight is 319 g/mol. The Morgan fingerprint density at radius 1 is 1.29 bits per heavy atom. The van der Waals surface area contributed by atoms with Gasteiger partial charge >= 0.3 is 5.97 Å². The molecular weight excluding hydrogens is 308 g/mol. The minimum Gasteiger partial charge on any atom is -0.476 e. The van der Waals surface area contributed by atoms with Crippen molar-refractivity contribution in [1.82, 2.24) is 9.78 Å². The van der Waals surface area contributed by atoms with Crippen molar-refractivity contribution in [3.8, 4) is 16.3 Å². The second-order valence-corrected chi connectivity index (χ2v) is 6.29. The van der Waals surface area contributed by atoms with Gasteiger partial charge < -0.3 is 5.11 Å². The highest BCUT2D eigenvalue weighted by molar-refractivity contribution is 7.19. The van der Waals surface area contributed by atoms with Gasteiger partial charge in [0.05, 0.1) is 20.6 Å². The van der Waals surface area contributed by atoms with E-state index in [2.05, 4.69) is 5.10 Å². The molecule has 0 amide bonds. The van der Waals surface area contributed by atoms with E-state index in [0.717, 1.165) is 21.8 Å². The summed E-state index contributed by atoms with van der Waals surface area (Å²) in [7, 11) is 0. The molecule has 21 heavy (non-hydrogen) atoms. The second kappa shape index (κ2) is 5.35. The van der Waals surface area contributed by atoms with E-state index in [-0.39, 0.29) is 5.69 Å². The first-order valence-electron chi connectivity index (χ1n) is 6.21. The van der Waals surface area contributed by atoms with E-state index in [1.807, 2.05) is 37.3 Å². The highest BCUT2D eigenvalue weighted by Crippen LogP contribution is 2.33. The second-order valence-electron chi connectivity index (χ2n) is 4.57. The van der Waals surface area contributed by atoms with E-state index < -0.39 is 5.97 Å². The van der Waals surface area contributed by atoms with Crippen LogP contribution >= 0.6 is 22.9 Å². The molecule has 106 valence electrons. The predicted molar refractivity (Wildman–Crippen MR) is 83.6 cm³/mol. The van der Waals surface area contributed by atoms with Gasteiger partial charge in [-0.05, 0) is 36.8 Å². The van der Waals surface area contributed by atoms with Gasteiger partial charge in [-0.1, -0.05) is 23.7 Å². The molecule has 3 rings (SSSR count). The Hall–Kier alpha value is -2.11. The highest BCUT2D eigenvalue weighted by Gasteiger charge is 2.17. The maximum atomic E-state index is 11.2. The van der Waals surface area contributed by atoms with Gasteiger partial charge in [0, 0.05) is 6.07 Å². The quantitative estimate of drug-likeness (QED) is 0.785. The number of carboxylic acids is 1. The summed E-state index contributed by atoms with van der Waals surface area (Å²) >= 11 is 7.37. The fourth-order valence-corrected chi connectivity index (χ4v) is 3.11. The van der Waals surface area contributed by atoms with Gasteiger partial charge in [0.1, 0.15) is 0 Å². The Kier molecular flexibility index (Phi) is 3.53. The van der Waals surface area contributed by atoms with E-state index in [4.69, 9.17) is 11.6 Å². The number of benzene rings is 1. The molecule has 3 aromatic rings. The summed E-state index contributed by atoms with van der Waals surface area (Å²) in [4.78, 5) is 12.1. The van der Waals surface area contributed by atoms with Crippen LogP contribution in [0, 0.1) is 6.92 Å². The number of aromatic carboxylic acids is 1. The Morgan fingerprint density at radius 2 is 2.10 bits per heavy atom. The molecule has 1 aromatic carbocycles. The first kappa shape index (κ1) is 13.9. The van der Waals surface area contributed by atoms with E-state index in [1.165, 1.54) is 11.3 Å². The molecule has 0 saturated carbocycles. The van der Waals surface area contributed by atoms with Gasteiger partial charge in [-0.2, -0.15) is 5.10 Å². The maximum Gasteiger partial charge on any atom is 0.356 e. The van der Waals surface area contributed by atoms with Gasteiger partial charge in [-0.3, -0.25) is 0 Å². The Bertz CT molecular complexity index is 823.